The number of carbonyl (C=O) groups is 1. The number of rotatable bonds is 5. The maximum atomic E-state index is 12.2. The van der Waals surface area contributed by atoms with Crippen molar-refractivity contribution >= 4 is 17.1 Å². The van der Waals surface area contributed by atoms with Gasteiger partial charge >= 0.3 is 0 Å². The first-order valence-corrected chi connectivity index (χ1v) is 7.74. The average molecular weight is 297 g/mol. The summed E-state index contributed by atoms with van der Waals surface area (Å²) in [6.07, 6.45) is 2.13. The minimum atomic E-state index is 0.144. The highest BCUT2D eigenvalue weighted by atomic mass is 32.1. The van der Waals surface area contributed by atoms with Gasteiger partial charge in [-0.05, 0) is 30.0 Å². The fraction of sp³-hybridized carbons (Fsp3) is 0.188. The smallest absolute Gasteiger partial charge is 0.168 e. The molecule has 0 bridgehead atoms. The molecule has 0 saturated heterocycles. The fourth-order valence-corrected chi connectivity index (χ4v) is 2.90. The molecule has 3 aromatic rings. The third-order valence-corrected chi connectivity index (χ3v) is 4.03. The quantitative estimate of drug-likeness (QED) is 0.678. The van der Waals surface area contributed by atoms with Crippen molar-refractivity contribution in [1.82, 2.24) is 14.8 Å². The molecule has 0 amide bonds. The molecule has 0 N–H and O–H groups in total. The summed E-state index contributed by atoms with van der Waals surface area (Å²) in [6, 6.07) is 9.81. The molecule has 0 atom stereocenters. The van der Waals surface area contributed by atoms with Gasteiger partial charge in [0.25, 0.3) is 0 Å². The van der Waals surface area contributed by atoms with Crippen molar-refractivity contribution in [1.29, 1.82) is 0 Å². The molecule has 0 spiro atoms. The van der Waals surface area contributed by atoms with E-state index in [0.29, 0.717) is 6.42 Å². The summed E-state index contributed by atoms with van der Waals surface area (Å²) in [4.78, 5) is 12.2. The number of aryl methyl sites for hydroxylation is 1. The van der Waals surface area contributed by atoms with Gasteiger partial charge in [0, 0.05) is 29.5 Å². The molecule has 1 aromatic carbocycles. The van der Waals surface area contributed by atoms with Crippen molar-refractivity contribution in [2.75, 3.05) is 0 Å². The molecule has 0 unspecified atom stereocenters. The van der Waals surface area contributed by atoms with Gasteiger partial charge in [-0.1, -0.05) is 18.2 Å². The Hall–Kier alpha value is -2.27. The van der Waals surface area contributed by atoms with Crippen LogP contribution >= 0.6 is 11.3 Å². The van der Waals surface area contributed by atoms with Crippen LogP contribution in [0.2, 0.25) is 0 Å². The van der Waals surface area contributed by atoms with E-state index >= 15 is 0 Å². The highest BCUT2D eigenvalue weighted by Gasteiger charge is 2.10. The summed E-state index contributed by atoms with van der Waals surface area (Å²) in [5, 5.41) is 11.9. The predicted molar refractivity (Wildman–Crippen MR) is 83.5 cm³/mol. The highest BCUT2D eigenvalue weighted by molar-refractivity contribution is 7.08. The van der Waals surface area contributed by atoms with Crippen LogP contribution in [0.1, 0.15) is 22.8 Å². The summed E-state index contributed by atoms with van der Waals surface area (Å²) >= 11 is 1.54. The topological polar surface area (TPSA) is 47.8 Å². The molecule has 5 heteroatoms. The minimum absolute atomic E-state index is 0.144. The van der Waals surface area contributed by atoms with E-state index < -0.39 is 0 Å². The zero-order valence-electron chi connectivity index (χ0n) is 11.7. The number of hydrogen-bond acceptors (Lipinski definition) is 4. The predicted octanol–water partition coefficient (Wildman–Crippen LogP) is 3.45. The summed E-state index contributed by atoms with van der Waals surface area (Å²) in [6.45, 7) is 2.87. The van der Waals surface area contributed by atoms with Crippen molar-refractivity contribution in [3.8, 4) is 11.4 Å². The van der Waals surface area contributed by atoms with Crippen molar-refractivity contribution in [2.24, 2.45) is 0 Å². The van der Waals surface area contributed by atoms with Gasteiger partial charge in [0.15, 0.2) is 11.6 Å². The Morgan fingerprint density at radius 2 is 2.24 bits per heavy atom. The molecule has 2 heterocycles. The Balaban J connectivity index is 1.85. The number of carbonyl (C=O) groups excluding carboxylic acids is 1. The standard InChI is InChI=1S/C16H15N3OS/c1-2-19-11-17-18-16(19)13-5-3-4-12(8-13)9-15(20)14-6-7-21-10-14/h3-8,10-11H,2,9H2,1H3. The third kappa shape index (κ3) is 2.92. The lowest BCUT2D eigenvalue weighted by Gasteiger charge is -2.05. The molecular formula is C16H15N3OS. The molecule has 0 radical (unpaired) electrons. The lowest BCUT2D eigenvalue weighted by Crippen LogP contribution is -2.02. The van der Waals surface area contributed by atoms with Crippen LogP contribution in [0.5, 0.6) is 0 Å². The Kier molecular flexibility index (Phi) is 3.92. The van der Waals surface area contributed by atoms with Crippen LogP contribution in [0.15, 0.2) is 47.4 Å². The first kappa shape index (κ1) is 13.7. The molecule has 3 rings (SSSR count). The van der Waals surface area contributed by atoms with Crippen LogP contribution in [-0.2, 0) is 13.0 Å². The molecule has 4 nitrogen and oxygen atoms in total. The van der Waals surface area contributed by atoms with E-state index in [1.54, 1.807) is 17.7 Å². The summed E-state index contributed by atoms with van der Waals surface area (Å²) in [7, 11) is 0. The molecule has 0 fully saturated rings. The molecular weight excluding hydrogens is 282 g/mol. The summed E-state index contributed by atoms with van der Waals surface area (Å²) in [5.41, 5.74) is 2.77. The van der Waals surface area contributed by atoms with Crippen LogP contribution in [0.25, 0.3) is 11.4 Å². The Bertz CT molecular complexity index is 746. The van der Waals surface area contributed by atoms with E-state index in [2.05, 4.69) is 17.1 Å². The normalized spacial score (nSPS) is 10.7. The largest absolute Gasteiger partial charge is 0.314 e. The SMILES string of the molecule is CCn1cnnc1-c1cccc(CC(=O)c2ccsc2)c1. The first-order chi connectivity index (χ1) is 10.3. The molecule has 21 heavy (non-hydrogen) atoms. The van der Waals surface area contributed by atoms with Crippen molar-refractivity contribution in [2.45, 2.75) is 19.9 Å². The van der Waals surface area contributed by atoms with Crippen LogP contribution < -0.4 is 0 Å². The van der Waals surface area contributed by atoms with Gasteiger partial charge in [-0.15, -0.1) is 10.2 Å². The van der Waals surface area contributed by atoms with Gasteiger partial charge in [-0.25, -0.2) is 0 Å². The zero-order chi connectivity index (χ0) is 14.7. The maximum Gasteiger partial charge on any atom is 0.168 e. The number of Topliss-reactive ketones (excluding diaryl/α,β-unsaturated/α-hetero) is 1. The number of thiophene rings is 1. The number of ketones is 1. The second-order valence-electron chi connectivity index (χ2n) is 4.75. The molecule has 0 aliphatic heterocycles. The minimum Gasteiger partial charge on any atom is -0.314 e. The lowest BCUT2D eigenvalue weighted by molar-refractivity contribution is 0.0993. The van der Waals surface area contributed by atoms with Crippen LogP contribution in [0.4, 0.5) is 0 Å². The molecule has 0 aliphatic rings. The van der Waals surface area contributed by atoms with Crippen molar-refractivity contribution in [3.63, 3.8) is 0 Å². The van der Waals surface area contributed by atoms with Crippen LogP contribution in [0.3, 0.4) is 0 Å². The van der Waals surface area contributed by atoms with E-state index in [1.165, 1.54) is 0 Å². The van der Waals surface area contributed by atoms with Crippen molar-refractivity contribution in [3.05, 3.63) is 58.5 Å². The zero-order valence-corrected chi connectivity index (χ0v) is 12.5. The molecule has 0 aliphatic carbocycles. The van der Waals surface area contributed by atoms with E-state index in [-0.39, 0.29) is 5.78 Å². The maximum absolute atomic E-state index is 12.2. The van der Waals surface area contributed by atoms with Gasteiger partial charge in [0.05, 0.1) is 0 Å². The fourth-order valence-electron chi connectivity index (χ4n) is 2.24. The van der Waals surface area contributed by atoms with E-state index in [1.807, 2.05) is 45.7 Å². The third-order valence-electron chi connectivity index (χ3n) is 3.35. The van der Waals surface area contributed by atoms with Gasteiger partial charge in [-0.2, -0.15) is 11.3 Å². The van der Waals surface area contributed by atoms with Gasteiger partial charge in [0.1, 0.15) is 6.33 Å². The second-order valence-corrected chi connectivity index (χ2v) is 5.53. The van der Waals surface area contributed by atoms with Crippen LogP contribution in [-0.4, -0.2) is 20.5 Å². The van der Waals surface area contributed by atoms with Gasteiger partial charge in [-0.3, -0.25) is 4.79 Å². The second kappa shape index (κ2) is 6.01. The summed E-state index contributed by atoms with van der Waals surface area (Å²) in [5.74, 6) is 0.979. The first-order valence-electron chi connectivity index (χ1n) is 6.80. The highest BCUT2D eigenvalue weighted by Crippen LogP contribution is 2.19. The summed E-state index contributed by atoms with van der Waals surface area (Å²) < 4.78 is 1.99. The molecule has 106 valence electrons. The molecule has 2 aromatic heterocycles. The number of aromatic nitrogens is 3. The Morgan fingerprint density at radius 3 is 3.00 bits per heavy atom. The van der Waals surface area contributed by atoms with Gasteiger partial charge < -0.3 is 4.57 Å². The van der Waals surface area contributed by atoms with E-state index in [4.69, 9.17) is 0 Å². The lowest BCUT2D eigenvalue weighted by atomic mass is 10.0. The van der Waals surface area contributed by atoms with E-state index in [0.717, 1.165) is 29.1 Å². The Labute approximate surface area is 127 Å². The number of hydrogen-bond donors (Lipinski definition) is 0. The van der Waals surface area contributed by atoms with Crippen molar-refractivity contribution < 1.29 is 4.79 Å². The average Bonchev–Trinajstić information content (AvgIpc) is 3.18. The van der Waals surface area contributed by atoms with E-state index in [9.17, 15) is 4.79 Å². The number of benzene rings is 1. The Morgan fingerprint density at radius 1 is 1.33 bits per heavy atom. The molecule has 0 saturated carbocycles. The van der Waals surface area contributed by atoms with Crippen LogP contribution in [0, 0.1) is 0 Å². The monoisotopic (exact) mass is 297 g/mol. The van der Waals surface area contributed by atoms with Gasteiger partial charge in [0.2, 0.25) is 0 Å². The number of nitrogens with zero attached hydrogens (tertiary/aromatic N) is 3.